The largest absolute Gasteiger partial charge is 0.593 e. The number of allylic oxidation sites excluding steroid dienone is 1. The maximum absolute atomic E-state index is 13.6. The number of fused-ring (bicyclic) bond motifs is 2. The maximum atomic E-state index is 13.6. The SMILES string of the molecule is CCCc1ccccc1C1COc2ccc3cc2N(C1)CC1CCC1C(CN1CCN(C2(C)COC2)CC1)(OC)/C=C/CC(C)C(C)[S+]([O-])NC3=O. The fourth-order valence-electron chi connectivity index (χ4n) is 9.22. The molecule has 1 saturated carbocycles. The van der Waals surface area contributed by atoms with E-state index in [4.69, 9.17) is 14.2 Å². The highest BCUT2D eigenvalue weighted by Gasteiger charge is 2.49. The van der Waals surface area contributed by atoms with Crippen molar-refractivity contribution in [3.05, 3.63) is 71.3 Å². The highest BCUT2D eigenvalue weighted by Crippen LogP contribution is 2.47. The van der Waals surface area contributed by atoms with Gasteiger partial charge in [0.25, 0.3) is 5.91 Å². The van der Waals surface area contributed by atoms with Crippen molar-refractivity contribution in [3.63, 3.8) is 0 Å². The Balaban J connectivity index is 1.22. The van der Waals surface area contributed by atoms with Gasteiger partial charge >= 0.3 is 0 Å². The Morgan fingerprint density at radius 3 is 2.54 bits per heavy atom. The van der Waals surface area contributed by atoms with Crippen LogP contribution in [0, 0.1) is 17.8 Å². The molecule has 2 aromatic carbocycles. The number of hydrogen-bond acceptors (Lipinski definition) is 8. The molecule has 1 N–H and O–H groups in total. The zero-order chi connectivity index (χ0) is 36.5. The van der Waals surface area contributed by atoms with E-state index in [0.29, 0.717) is 24.0 Å². The molecule has 1 amide bonds. The third kappa shape index (κ3) is 7.66. The molecule has 0 aromatic heterocycles. The molecule has 284 valence electrons. The zero-order valence-electron chi connectivity index (χ0n) is 32.0. The number of carbonyl (C=O) groups excluding carboxylic acids is 1. The molecule has 7 atom stereocenters. The average molecular weight is 733 g/mol. The molecular weight excluding hydrogens is 673 g/mol. The lowest BCUT2D eigenvalue weighted by Gasteiger charge is -2.53. The van der Waals surface area contributed by atoms with Crippen molar-refractivity contribution in [3.8, 4) is 5.75 Å². The number of ether oxygens (including phenoxy) is 3. The summed E-state index contributed by atoms with van der Waals surface area (Å²) in [5, 5.41) is -0.218. The summed E-state index contributed by atoms with van der Waals surface area (Å²) in [5.74, 6) is 1.52. The second-order valence-electron chi connectivity index (χ2n) is 16.4. The number of aryl methyl sites for hydroxylation is 1. The molecule has 0 radical (unpaired) electrons. The van der Waals surface area contributed by atoms with Gasteiger partial charge in [-0.2, -0.15) is 4.72 Å². The van der Waals surface area contributed by atoms with Crippen LogP contribution in [0.25, 0.3) is 0 Å². The number of carbonyl (C=O) groups is 1. The third-order valence-electron chi connectivity index (χ3n) is 13.0. The highest BCUT2D eigenvalue weighted by molar-refractivity contribution is 7.90. The van der Waals surface area contributed by atoms with Crippen LogP contribution in [0.1, 0.15) is 80.8 Å². The smallest absolute Gasteiger partial charge is 0.292 e. The van der Waals surface area contributed by atoms with Gasteiger partial charge in [-0.15, -0.1) is 0 Å². The van der Waals surface area contributed by atoms with Gasteiger partial charge < -0.3 is 23.7 Å². The molecule has 10 heteroatoms. The number of nitrogens with one attached hydrogen (secondary N) is 1. The highest BCUT2D eigenvalue weighted by atomic mass is 32.2. The molecule has 3 fully saturated rings. The summed E-state index contributed by atoms with van der Waals surface area (Å²) in [6.45, 7) is 17.5. The van der Waals surface area contributed by atoms with Gasteiger partial charge in [-0.3, -0.25) is 14.6 Å². The van der Waals surface area contributed by atoms with E-state index in [1.807, 2.05) is 32.2 Å². The van der Waals surface area contributed by atoms with E-state index in [1.165, 1.54) is 11.1 Å². The Morgan fingerprint density at radius 1 is 1.06 bits per heavy atom. The number of rotatable bonds is 7. The van der Waals surface area contributed by atoms with E-state index < -0.39 is 17.0 Å². The third-order valence-corrected chi connectivity index (χ3v) is 14.5. The quantitative estimate of drug-likeness (QED) is 0.282. The molecule has 9 nitrogen and oxygen atoms in total. The number of anilines is 1. The maximum Gasteiger partial charge on any atom is 0.292 e. The van der Waals surface area contributed by atoms with Crippen molar-refractivity contribution < 1.29 is 23.6 Å². The molecule has 0 spiro atoms. The Bertz CT molecular complexity index is 1580. The van der Waals surface area contributed by atoms with Crippen LogP contribution in [0.5, 0.6) is 5.75 Å². The number of amides is 1. The summed E-state index contributed by atoms with van der Waals surface area (Å²) in [4.78, 5) is 21.3. The first-order valence-corrected chi connectivity index (χ1v) is 20.9. The minimum atomic E-state index is -1.53. The van der Waals surface area contributed by atoms with Gasteiger partial charge in [0.1, 0.15) is 16.6 Å². The fourth-order valence-corrected chi connectivity index (χ4v) is 10.2. The lowest BCUT2D eigenvalue weighted by atomic mass is 9.63. The standard InChI is InChI=1S/C42H60N4O5S/c1-6-10-32-12-7-8-13-36(32)35-25-45-24-34-14-16-37(34)42(49-5,27-44-19-21-46(22-20-44)41(4)28-50-29-41)18-9-11-30(2)31(3)52(48)43-40(47)33-15-17-39(51-26-35)38(45)23-33/h7-9,12-13,15,17-18,23,30-31,34-35,37H,6,10-11,14,16,19-22,24-29H2,1-5H3,(H,43,47)/b18-9+. The molecule has 2 saturated heterocycles. The minimum absolute atomic E-state index is 0.106. The van der Waals surface area contributed by atoms with Crippen molar-refractivity contribution in [1.82, 2.24) is 14.5 Å². The monoisotopic (exact) mass is 732 g/mol. The minimum Gasteiger partial charge on any atom is -0.593 e. The molecule has 5 aliphatic rings. The molecular formula is C42H60N4O5S. The molecule has 4 heterocycles. The van der Waals surface area contributed by atoms with Gasteiger partial charge in [0.2, 0.25) is 0 Å². The lowest BCUT2D eigenvalue weighted by molar-refractivity contribution is -0.146. The van der Waals surface area contributed by atoms with Crippen LogP contribution in [0.2, 0.25) is 0 Å². The van der Waals surface area contributed by atoms with E-state index in [-0.39, 0.29) is 28.5 Å². The van der Waals surface area contributed by atoms with Crippen LogP contribution < -0.4 is 14.4 Å². The first kappa shape index (κ1) is 37.7. The number of hydrogen-bond donors (Lipinski definition) is 1. The molecule has 2 bridgehead atoms. The number of methoxy groups -OCH3 is 1. The Labute approximate surface area is 314 Å². The van der Waals surface area contributed by atoms with Gasteiger partial charge in [-0.25, -0.2) is 0 Å². The molecule has 52 heavy (non-hydrogen) atoms. The lowest BCUT2D eigenvalue weighted by Crippen LogP contribution is -2.65. The van der Waals surface area contributed by atoms with E-state index in [2.05, 4.69) is 76.6 Å². The van der Waals surface area contributed by atoms with Crippen LogP contribution >= 0.6 is 0 Å². The predicted octanol–water partition coefficient (Wildman–Crippen LogP) is 5.82. The summed E-state index contributed by atoms with van der Waals surface area (Å²) >= 11 is -1.53. The molecule has 7 unspecified atom stereocenters. The molecule has 1 aliphatic carbocycles. The van der Waals surface area contributed by atoms with Crippen molar-refractivity contribution in [2.75, 3.05) is 77.6 Å². The van der Waals surface area contributed by atoms with E-state index in [9.17, 15) is 9.35 Å². The average Bonchev–Trinajstić information content (AvgIpc) is 3.31. The number of nitrogens with zero attached hydrogens (tertiary/aromatic N) is 3. The van der Waals surface area contributed by atoms with Crippen molar-refractivity contribution in [2.24, 2.45) is 17.8 Å². The van der Waals surface area contributed by atoms with E-state index >= 15 is 0 Å². The normalized spacial score (nSPS) is 33.4. The Morgan fingerprint density at radius 2 is 1.85 bits per heavy atom. The van der Waals surface area contributed by atoms with Crippen LogP contribution in [-0.2, 0) is 27.3 Å². The number of piperazine rings is 1. The topological polar surface area (TPSA) is 89.6 Å². The summed E-state index contributed by atoms with van der Waals surface area (Å²) in [6.07, 6.45) is 9.75. The molecule has 4 aliphatic heterocycles. The zero-order valence-corrected chi connectivity index (χ0v) is 32.8. The van der Waals surface area contributed by atoms with Crippen molar-refractivity contribution in [2.45, 2.75) is 82.1 Å². The summed E-state index contributed by atoms with van der Waals surface area (Å²) in [5.41, 5.74) is 3.91. The first-order chi connectivity index (χ1) is 25.1. The Kier molecular flexibility index (Phi) is 11.6. The summed E-state index contributed by atoms with van der Waals surface area (Å²) in [7, 11) is 1.90. The molecule has 7 rings (SSSR count). The van der Waals surface area contributed by atoms with Gasteiger partial charge in [-0.05, 0) is 80.7 Å². The van der Waals surface area contributed by atoms with Gasteiger partial charge in [0, 0.05) is 70.3 Å². The second kappa shape index (κ2) is 16.0. The van der Waals surface area contributed by atoms with Gasteiger partial charge in [-0.1, -0.05) is 56.7 Å². The van der Waals surface area contributed by atoms with Crippen LogP contribution in [0.4, 0.5) is 5.69 Å². The Hall–Kier alpha value is -2.60. The van der Waals surface area contributed by atoms with Crippen molar-refractivity contribution >= 4 is 23.0 Å². The van der Waals surface area contributed by atoms with Crippen molar-refractivity contribution in [1.29, 1.82) is 0 Å². The second-order valence-corrected chi connectivity index (χ2v) is 18.0. The first-order valence-electron chi connectivity index (χ1n) is 19.7. The predicted molar refractivity (Wildman–Crippen MR) is 209 cm³/mol. The number of benzene rings is 2. The summed E-state index contributed by atoms with van der Waals surface area (Å²) < 4.78 is 35.3. The summed E-state index contributed by atoms with van der Waals surface area (Å²) in [6, 6.07) is 14.5. The van der Waals surface area contributed by atoms with Crippen LogP contribution in [-0.4, -0.2) is 109 Å². The van der Waals surface area contributed by atoms with Crippen LogP contribution in [0.15, 0.2) is 54.6 Å². The molecule has 2 aromatic rings. The van der Waals surface area contributed by atoms with E-state index in [0.717, 1.165) is 103 Å². The van der Waals surface area contributed by atoms with Crippen LogP contribution in [0.3, 0.4) is 0 Å². The fraction of sp³-hybridized carbons (Fsp3) is 0.643. The van der Waals surface area contributed by atoms with E-state index in [1.54, 1.807) is 0 Å². The van der Waals surface area contributed by atoms with Gasteiger partial charge in [0.15, 0.2) is 0 Å². The van der Waals surface area contributed by atoms with Gasteiger partial charge in [0.05, 0.1) is 42.4 Å².